The molecule has 76 valence electrons. The molecule has 0 saturated heterocycles. The van der Waals surface area contributed by atoms with Crippen LogP contribution in [0.4, 0.5) is 0 Å². The smallest absolute Gasteiger partial charge is 0.138 e. The summed E-state index contributed by atoms with van der Waals surface area (Å²) in [6.07, 6.45) is 3.55. The lowest BCUT2D eigenvalue weighted by molar-refractivity contribution is -0.127. The zero-order valence-corrected chi connectivity index (χ0v) is 10.4. The minimum Gasteiger partial charge on any atom is -0.299 e. The van der Waals surface area contributed by atoms with Gasteiger partial charge < -0.3 is 0 Å². The fourth-order valence-corrected chi connectivity index (χ4v) is 4.18. The zero-order valence-electron chi connectivity index (χ0n) is 9.39. The molecule has 0 aromatic carbocycles. The summed E-state index contributed by atoms with van der Waals surface area (Å²) < 4.78 is 0. The van der Waals surface area contributed by atoms with Crippen molar-refractivity contribution >= 4 is 13.9 Å². The van der Waals surface area contributed by atoms with Crippen LogP contribution in [0.15, 0.2) is 0 Å². The molecule has 1 rings (SSSR count). The molecule has 0 amide bonds. The van der Waals surface area contributed by atoms with Crippen molar-refractivity contribution in [3.05, 3.63) is 0 Å². The van der Waals surface area contributed by atoms with E-state index >= 15 is 0 Å². The molecule has 0 radical (unpaired) electrons. The lowest BCUT2D eigenvalue weighted by atomic mass is 9.82. The Morgan fingerprint density at radius 2 is 1.92 bits per heavy atom. The van der Waals surface area contributed by atoms with E-state index < -0.39 is 8.07 Å². The maximum absolute atomic E-state index is 11.8. The van der Waals surface area contributed by atoms with Crippen molar-refractivity contribution in [2.75, 3.05) is 0 Å². The van der Waals surface area contributed by atoms with E-state index in [9.17, 15) is 4.79 Å². The second-order valence-corrected chi connectivity index (χ2v) is 11.2. The van der Waals surface area contributed by atoms with Gasteiger partial charge in [-0.25, -0.2) is 0 Å². The SMILES string of the molecule is CC1CCCC(C[Si](C)(C)C)C1=O. The van der Waals surface area contributed by atoms with Gasteiger partial charge >= 0.3 is 0 Å². The molecule has 13 heavy (non-hydrogen) atoms. The van der Waals surface area contributed by atoms with Crippen LogP contribution in [0.1, 0.15) is 26.2 Å². The predicted octanol–water partition coefficient (Wildman–Crippen LogP) is 3.33. The first-order chi connectivity index (χ1) is 5.90. The zero-order chi connectivity index (χ0) is 10.1. The molecule has 0 bridgehead atoms. The van der Waals surface area contributed by atoms with Crippen molar-refractivity contribution in [1.82, 2.24) is 0 Å². The van der Waals surface area contributed by atoms with Crippen LogP contribution in [0.3, 0.4) is 0 Å². The highest BCUT2D eigenvalue weighted by Crippen LogP contribution is 2.31. The quantitative estimate of drug-likeness (QED) is 0.622. The largest absolute Gasteiger partial charge is 0.299 e. The Morgan fingerprint density at radius 1 is 1.31 bits per heavy atom. The molecule has 1 aliphatic carbocycles. The average molecular weight is 198 g/mol. The number of ketones is 1. The molecule has 0 aliphatic heterocycles. The van der Waals surface area contributed by atoms with E-state index in [2.05, 4.69) is 26.6 Å². The van der Waals surface area contributed by atoms with Crippen molar-refractivity contribution in [3.63, 3.8) is 0 Å². The first-order valence-corrected chi connectivity index (χ1v) is 9.14. The maximum atomic E-state index is 11.8. The Morgan fingerprint density at radius 3 is 2.46 bits per heavy atom. The first kappa shape index (κ1) is 11.0. The van der Waals surface area contributed by atoms with Crippen LogP contribution in [0.5, 0.6) is 0 Å². The lowest BCUT2D eigenvalue weighted by Gasteiger charge is -2.29. The van der Waals surface area contributed by atoms with Crippen LogP contribution in [0, 0.1) is 11.8 Å². The lowest BCUT2D eigenvalue weighted by Crippen LogP contribution is -2.33. The molecule has 2 unspecified atom stereocenters. The van der Waals surface area contributed by atoms with Crippen LogP contribution in [0.25, 0.3) is 0 Å². The number of carbonyl (C=O) groups is 1. The summed E-state index contributed by atoms with van der Waals surface area (Å²) in [4.78, 5) is 11.8. The van der Waals surface area contributed by atoms with Crippen LogP contribution in [0.2, 0.25) is 25.7 Å². The van der Waals surface area contributed by atoms with E-state index in [4.69, 9.17) is 0 Å². The van der Waals surface area contributed by atoms with Gasteiger partial charge in [0.25, 0.3) is 0 Å². The van der Waals surface area contributed by atoms with Crippen molar-refractivity contribution < 1.29 is 4.79 Å². The third-order valence-corrected chi connectivity index (χ3v) is 4.65. The second kappa shape index (κ2) is 3.95. The van der Waals surface area contributed by atoms with Crippen LogP contribution < -0.4 is 0 Å². The molecule has 0 aromatic heterocycles. The molecular formula is C11H22OSi. The summed E-state index contributed by atoms with van der Waals surface area (Å²) in [5.74, 6) is 1.30. The van der Waals surface area contributed by atoms with E-state index in [1.807, 2.05) is 0 Å². The highest BCUT2D eigenvalue weighted by Gasteiger charge is 2.31. The minimum absolute atomic E-state index is 0.343. The topological polar surface area (TPSA) is 17.1 Å². The van der Waals surface area contributed by atoms with E-state index in [1.165, 1.54) is 12.5 Å². The van der Waals surface area contributed by atoms with Gasteiger partial charge in [-0.15, -0.1) is 0 Å². The number of hydrogen-bond donors (Lipinski definition) is 0. The Kier molecular flexibility index (Phi) is 3.33. The van der Waals surface area contributed by atoms with Gasteiger partial charge in [0.05, 0.1) is 0 Å². The average Bonchev–Trinajstić information content (AvgIpc) is 1.96. The fourth-order valence-electron chi connectivity index (χ4n) is 2.30. The third kappa shape index (κ3) is 3.26. The number of carbonyl (C=O) groups excluding carboxylic acids is 1. The van der Waals surface area contributed by atoms with E-state index in [-0.39, 0.29) is 0 Å². The third-order valence-electron chi connectivity index (χ3n) is 2.94. The van der Waals surface area contributed by atoms with Crippen LogP contribution in [-0.4, -0.2) is 13.9 Å². The predicted molar refractivity (Wildman–Crippen MR) is 59.7 cm³/mol. The van der Waals surface area contributed by atoms with Gasteiger partial charge in [0, 0.05) is 19.9 Å². The highest BCUT2D eigenvalue weighted by molar-refractivity contribution is 6.76. The normalized spacial score (nSPS) is 30.6. The van der Waals surface area contributed by atoms with Gasteiger partial charge in [-0.1, -0.05) is 33.0 Å². The van der Waals surface area contributed by atoms with Crippen molar-refractivity contribution in [3.8, 4) is 0 Å². The molecular weight excluding hydrogens is 176 g/mol. The standard InChI is InChI=1S/C11H22OSi/c1-9-6-5-7-10(11(9)12)8-13(2,3)4/h9-10H,5-8H2,1-4H3. The van der Waals surface area contributed by atoms with E-state index in [0.717, 1.165) is 12.8 Å². The number of hydrogen-bond acceptors (Lipinski definition) is 1. The van der Waals surface area contributed by atoms with E-state index in [1.54, 1.807) is 0 Å². The fraction of sp³-hybridized carbons (Fsp3) is 0.909. The summed E-state index contributed by atoms with van der Waals surface area (Å²) in [5.41, 5.74) is 0. The molecule has 0 aromatic rings. The van der Waals surface area contributed by atoms with Gasteiger partial charge in [0.2, 0.25) is 0 Å². The van der Waals surface area contributed by atoms with Gasteiger partial charge in [-0.05, 0) is 18.9 Å². The summed E-state index contributed by atoms with van der Waals surface area (Å²) in [7, 11) is -1.04. The summed E-state index contributed by atoms with van der Waals surface area (Å²) in [6.45, 7) is 9.18. The molecule has 1 fully saturated rings. The van der Waals surface area contributed by atoms with Gasteiger partial charge in [-0.2, -0.15) is 0 Å². The summed E-state index contributed by atoms with van der Waals surface area (Å²) >= 11 is 0. The number of Topliss-reactive ketones (excluding diaryl/α,β-unsaturated/α-hetero) is 1. The van der Waals surface area contributed by atoms with Crippen molar-refractivity contribution in [2.24, 2.45) is 11.8 Å². The van der Waals surface area contributed by atoms with E-state index in [0.29, 0.717) is 17.6 Å². The minimum atomic E-state index is -1.04. The molecule has 0 spiro atoms. The molecule has 1 aliphatic rings. The molecule has 2 atom stereocenters. The summed E-state index contributed by atoms with van der Waals surface area (Å²) in [6, 6.07) is 1.20. The van der Waals surface area contributed by atoms with Crippen molar-refractivity contribution in [1.29, 1.82) is 0 Å². The molecule has 1 nitrogen and oxygen atoms in total. The maximum Gasteiger partial charge on any atom is 0.138 e. The molecule has 2 heteroatoms. The Hall–Kier alpha value is -0.113. The Labute approximate surface area is 82.9 Å². The molecule has 0 N–H and O–H groups in total. The Balaban J connectivity index is 2.54. The van der Waals surface area contributed by atoms with Gasteiger partial charge in [0.15, 0.2) is 0 Å². The first-order valence-electron chi connectivity index (χ1n) is 5.44. The monoisotopic (exact) mass is 198 g/mol. The number of rotatable bonds is 2. The molecule has 0 heterocycles. The Bertz CT molecular complexity index is 193. The van der Waals surface area contributed by atoms with Crippen LogP contribution >= 0.6 is 0 Å². The molecule has 1 saturated carbocycles. The summed E-state index contributed by atoms with van der Waals surface area (Å²) in [5, 5.41) is 0. The highest BCUT2D eigenvalue weighted by atomic mass is 28.3. The van der Waals surface area contributed by atoms with Crippen LogP contribution in [-0.2, 0) is 4.79 Å². The van der Waals surface area contributed by atoms with Gasteiger partial charge in [-0.3, -0.25) is 4.79 Å². The second-order valence-electron chi connectivity index (χ2n) is 5.70. The van der Waals surface area contributed by atoms with Crippen molar-refractivity contribution in [2.45, 2.75) is 51.9 Å². The van der Waals surface area contributed by atoms with Gasteiger partial charge in [0.1, 0.15) is 5.78 Å².